The highest BCUT2D eigenvalue weighted by molar-refractivity contribution is 7.86. The van der Waals surface area contributed by atoms with Crippen LogP contribution in [0.15, 0.2) is 17.2 Å². The average Bonchev–Trinajstić information content (AvgIpc) is 2.02. The minimum atomic E-state index is -4.97. The molecule has 1 rings (SSSR count). The molecule has 0 aromatic carbocycles. The normalized spacial score (nSPS) is 11.3. The first-order valence-electron chi connectivity index (χ1n) is 3.10. The molecule has 0 N–H and O–H groups in total. The summed E-state index contributed by atoms with van der Waals surface area (Å²) in [6.07, 6.45) is 0.838. The van der Waals surface area contributed by atoms with Crippen LogP contribution in [-0.2, 0) is 10.2 Å². The Labute approximate surface area is 73.4 Å². The van der Waals surface area contributed by atoms with Crippen molar-refractivity contribution >= 4 is 10.2 Å². The Hall–Kier alpha value is -1.24. The molecule has 13 heavy (non-hydrogen) atoms. The van der Waals surface area contributed by atoms with Crippen molar-refractivity contribution in [2.75, 3.05) is 7.11 Å². The lowest BCUT2D eigenvalue weighted by Crippen LogP contribution is -2.00. The van der Waals surface area contributed by atoms with Gasteiger partial charge >= 0.3 is 10.2 Å². The van der Waals surface area contributed by atoms with Gasteiger partial charge in [-0.05, 0) is 6.07 Å². The van der Waals surface area contributed by atoms with Gasteiger partial charge in [-0.1, -0.05) is 0 Å². The van der Waals surface area contributed by atoms with Crippen molar-refractivity contribution in [2.45, 2.75) is 4.90 Å². The Kier molecular flexibility index (Phi) is 2.46. The standard InChI is InChI=1S/C6H5F2NO3S/c1-12-5-4(13(8,10)11)2-3-9-6(5)7/h2-3H,1H3. The number of pyridine rings is 1. The lowest BCUT2D eigenvalue weighted by molar-refractivity contribution is 0.364. The van der Waals surface area contributed by atoms with Crippen LogP contribution >= 0.6 is 0 Å². The van der Waals surface area contributed by atoms with E-state index in [2.05, 4.69) is 9.72 Å². The SMILES string of the molecule is COc1c(S(=O)(=O)F)ccnc1F. The molecule has 72 valence electrons. The van der Waals surface area contributed by atoms with Gasteiger partial charge in [0.2, 0.25) is 0 Å². The van der Waals surface area contributed by atoms with Crippen LogP contribution < -0.4 is 4.74 Å². The van der Waals surface area contributed by atoms with Crippen LogP contribution in [0.5, 0.6) is 5.75 Å². The second-order valence-electron chi connectivity index (χ2n) is 2.07. The monoisotopic (exact) mass is 209 g/mol. The predicted molar refractivity (Wildman–Crippen MR) is 39.0 cm³/mol. The minimum absolute atomic E-state index is 0.718. The molecular weight excluding hydrogens is 204 g/mol. The molecule has 0 saturated heterocycles. The maximum Gasteiger partial charge on any atom is 0.336 e. The number of ether oxygens (including phenoxy) is 1. The van der Waals surface area contributed by atoms with Gasteiger partial charge in [-0.2, -0.15) is 12.8 Å². The number of methoxy groups -OCH3 is 1. The van der Waals surface area contributed by atoms with E-state index < -0.39 is 26.8 Å². The van der Waals surface area contributed by atoms with Gasteiger partial charge in [0.25, 0.3) is 5.95 Å². The van der Waals surface area contributed by atoms with E-state index >= 15 is 0 Å². The van der Waals surface area contributed by atoms with E-state index in [9.17, 15) is 16.7 Å². The zero-order chi connectivity index (χ0) is 10.1. The van der Waals surface area contributed by atoms with E-state index in [1.165, 1.54) is 0 Å². The van der Waals surface area contributed by atoms with E-state index in [-0.39, 0.29) is 0 Å². The summed E-state index contributed by atoms with van der Waals surface area (Å²) in [5.41, 5.74) is 0. The fraction of sp³-hybridized carbons (Fsp3) is 0.167. The first-order chi connectivity index (χ1) is 5.96. The van der Waals surface area contributed by atoms with Crippen molar-refractivity contribution < 1.29 is 21.4 Å². The molecule has 1 aromatic rings. The summed E-state index contributed by atoms with van der Waals surface area (Å²) >= 11 is 0. The lowest BCUT2D eigenvalue weighted by Gasteiger charge is -2.03. The molecule has 0 aliphatic heterocycles. The number of aromatic nitrogens is 1. The van der Waals surface area contributed by atoms with Gasteiger partial charge in [-0.25, -0.2) is 4.98 Å². The molecule has 0 aliphatic rings. The third-order valence-electron chi connectivity index (χ3n) is 1.29. The highest BCUT2D eigenvalue weighted by Crippen LogP contribution is 2.26. The maximum atomic E-state index is 12.7. The Balaban J connectivity index is 3.47. The van der Waals surface area contributed by atoms with Crippen LogP contribution in [0.4, 0.5) is 8.28 Å². The predicted octanol–water partition coefficient (Wildman–Crippen LogP) is 0.887. The van der Waals surface area contributed by atoms with Crippen LogP contribution in [0.2, 0.25) is 0 Å². The molecule has 1 heterocycles. The van der Waals surface area contributed by atoms with Crippen LogP contribution in [-0.4, -0.2) is 20.5 Å². The summed E-state index contributed by atoms with van der Waals surface area (Å²) in [5.74, 6) is -1.88. The fourth-order valence-corrected chi connectivity index (χ4v) is 1.40. The van der Waals surface area contributed by atoms with Crippen LogP contribution in [0.25, 0.3) is 0 Å². The zero-order valence-electron chi connectivity index (χ0n) is 6.49. The second kappa shape index (κ2) is 3.25. The number of halogens is 2. The summed E-state index contributed by atoms with van der Waals surface area (Å²) in [4.78, 5) is 2.24. The number of hydrogen-bond acceptors (Lipinski definition) is 4. The molecule has 0 radical (unpaired) electrons. The highest BCUT2D eigenvalue weighted by Gasteiger charge is 2.21. The first-order valence-corrected chi connectivity index (χ1v) is 4.48. The summed E-state index contributed by atoms with van der Waals surface area (Å²) < 4.78 is 50.4. The van der Waals surface area contributed by atoms with Crippen LogP contribution in [0.3, 0.4) is 0 Å². The third kappa shape index (κ3) is 1.92. The van der Waals surface area contributed by atoms with Crippen molar-refractivity contribution in [3.8, 4) is 5.75 Å². The lowest BCUT2D eigenvalue weighted by atomic mass is 10.4. The summed E-state index contributed by atoms with van der Waals surface area (Å²) in [5, 5.41) is 0. The number of rotatable bonds is 2. The van der Waals surface area contributed by atoms with Crippen LogP contribution in [0, 0.1) is 5.95 Å². The summed E-state index contributed by atoms with van der Waals surface area (Å²) in [6.45, 7) is 0. The molecule has 0 atom stereocenters. The van der Waals surface area contributed by atoms with Gasteiger partial charge < -0.3 is 4.74 Å². The highest BCUT2D eigenvalue weighted by atomic mass is 32.3. The Morgan fingerprint density at radius 3 is 2.54 bits per heavy atom. The molecule has 0 aliphatic carbocycles. The van der Waals surface area contributed by atoms with E-state index in [1.54, 1.807) is 0 Å². The Morgan fingerprint density at radius 1 is 1.54 bits per heavy atom. The minimum Gasteiger partial charge on any atom is -0.491 e. The fourth-order valence-electron chi connectivity index (χ4n) is 0.783. The zero-order valence-corrected chi connectivity index (χ0v) is 7.31. The average molecular weight is 209 g/mol. The van der Waals surface area contributed by atoms with Crippen molar-refractivity contribution in [1.29, 1.82) is 0 Å². The van der Waals surface area contributed by atoms with Gasteiger partial charge in [0, 0.05) is 6.20 Å². The Bertz CT molecular complexity index is 418. The van der Waals surface area contributed by atoms with E-state index in [4.69, 9.17) is 0 Å². The quantitative estimate of drug-likeness (QED) is 0.536. The first kappa shape index (κ1) is 9.85. The Morgan fingerprint density at radius 2 is 2.15 bits per heavy atom. The van der Waals surface area contributed by atoms with E-state index in [0.29, 0.717) is 0 Å². The molecule has 0 bridgehead atoms. The van der Waals surface area contributed by atoms with Gasteiger partial charge in [-0.15, -0.1) is 3.89 Å². The smallest absolute Gasteiger partial charge is 0.336 e. The third-order valence-corrected chi connectivity index (χ3v) is 2.14. The molecular formula is C6H5F2NO3S. The largest absolute Gasteiger partial charge is 0.491 e. The summed E-state index contributed by atoms with van der Waals surface area (Å²) in [7, 11) is -3.95. The van der Waals surface area contributed by atoms with Crippen LogP contribution in [0.1, 0.15) is 0 Å². The molecule has 0 spiro atoms. The van der Waals surface area contributed by atoms with Crippen molar-refractivity contribution in [1.82, 2.24) is 4.98 Å². The van der Waals surface area contributed by atoms with Crippen molar-refractivity contribution in [2.24, 2.45) is 0 Å². The second-order valence-corrected chi connectivity index (χ2v) is 3.39. The van der Waals surface area contributed by atoms with Gasteiger partial charge in [0.15, 0.2) is 5.75 Å². The van der Waals surface area contributed by atoms with Gasteiger partial charge in [-0.3, -0.25) is 0 Å². The molecule has 7 heteroatoms. The van der Waals surface area contributed by atoms with Crippen molar-refractivity contribution in [3.05, 3.63) is 18.2 Å². The molecule has 0 saturated carbocycles. The van der Waals surface area contributed by atoms with Crippen molar-refractivity contribution in [3.63, 3.8) is 0 Å². The number of nitrogens with zero attached hydrogens (tertiary/aromatic N) is 1. The topological polar surface area (TPSA) is 56.3 Å². The molecule has 1 aromatic heterocycles. The summed E-state index contributed by atoms with van der Waals surface area (Å²) in [6, 6.07) is 0.817. The molecule has 0 fully saturated rings. The molecule has 4 nitrogen and oxygen atoms in total. The van der Waals surface area contributed by atoms with E-state index in [0.717, 1.165) is 19.4 Å². The van der Waals surface area contributed by atoms with Gasteiger partial charge in [0.05, 0.1) is 7.11 Å². The molecule has 0 amide bonds. The number of hydrogen-bond donors (Lipinski definition) is 0. The van der Waals surface area contributed by atoms with Gasteiger partial charge in [0.1, 0.15) is 4.90 Å². The van der Waals surface area contributed by atoms with E-state index in [1.807, 2.05) is 0 Å². The molecule has 0 unspecified atom stereocenters. The maximum absolute atomic E-state index is 12.7.